The van der Waals surface area contributed by atoms with Gasteiger partial charge in [0.25, 0.3) is 0 Å². The van der Waals surface area contributed by atoms with Crippen molar-refractivity contribution < 1.29 is 4.74 Å². The van der Waals surface area contributed by atoms with Crippen LogP contribution in [0.15, 0.2) is 34.6 Å². The predicted molar refractivity (Wildman–Crippen MR) is 73.5 cm³/mol. The number of ether oxygens (including phenoxy) is 1. The van der Waals surface area contributed by atoms with Crippen molar-refractivity contribution in [2.75, 3.05) is 19.0 Å². The van der Waals surface area contributed by atoms with Gasteiger partial charge in [0, 0.05) is 24.3 Å². The topological polar surface area (TPSA) is 72.8 Å². The van der Waals surface area contributed by atoms with Crippen LogP contribution in [0.1, 0.15) is 13.3 Å². The van der Waals surface area contributed by atoms with Gasteiger partial charge in [-0.2, -0.15) is 15.0 Å². The molecule has 0 radical (unpaired) electrons. The van der Waals surface area contributed by atoms with Gasteiger partial charge >= 0.3 is 6.01 Å². The maximum atomic E-state index is 5.45. The van der Waals surface area contributed by atoms with Crippen LogP contribution in [-0.2, 0) is 0 Å². The fourth-order valence-corrected chi connectivity index (χ4v) is 1.99. The van der Waals surface area contributed by atoms with Gasteiger partial charge in [-0.3, -0.25) is 4.98 Å². The molecule has 0 aromatic carbocycles. The van der Waals surface area contributed by atoms with Crippen LogP contribution in [0.3, 0.4) is 0 Å². The molecule has 0 saturated carbocycles. The van der Waals surface area contributed by atoms with Crippen LogP contribution in [0.4, 0.5) is 5.95 Å². The van der Waals surface area contributed by atoms with Crippen LogP contribution in [0.2, 0.25) is 0 Å². The van der Waals surface area contributed by atoms with Gasteiger partial charge in [0.2, 0.25) is 11.1 Å². The number of hydrogen-bond acceptors (Lipinski definition) is 7. The van der Waals surface area contributed by atoms with Crippen LogP contribution in [0.25, 0.3) is 0 Å². The highest BCUT2D eigenvalue weighted by Crippen LogP contribution is 2.25. The van der Waals surface area contributed by atoms with Gasteiger partial charge in [-0.15, -0.1) is 0 Å². The average Bonchev–Trinajstić information content (AvgIpc) is 2.46. The quantitative estimate of drug-likeness (QED) is 0.868. The summed E-state index contributed by atoms with van der Waals surface area (Å²) in [5, 5.41) is 3.50. The first kappa shape index (κ1) is 13.5. The second-order valence-electron chi connectivity index (χ2n) is 3.61. The number of hydrogen-bond donors (Lipinski definition) is 1. The van der Waals surface area contributed by atoms with E-state index >= 15 is 0 Å². The van der Waals surface area contributed by atoms with Crippen LogP contribution < -0.4 is 10.1 Å². The van der Waals surface area contributed by atoms with Gasteiger partial charge in [0.05, 0.1) is 6.61 Å². The van der Waals surface area contributed by atoms with Gasteiger partial charge in [-0.05, 0) is 30.3 Å². The first-order valence-electron chi connectivity index (χ1n) is 5.96. The minimum Gasteiger partial charge on any atom is -0.463 e. The molecular weight excluding hydrogens is 262 g/mol. The van der Waals surface area contributed by atoms with E-state index in [4.69, 9.17) is 4.74 Å². The number of nitrogens with one attached hydrogen (secondary N) is 1. The smallest absolute Gasteiger partial charge is 0.322 e. The minimum absolute atomic E-state index is 0.345. The Morgan fingerprint density at radius 1 is 1.21 bits per heavy atom. The summed E-state index contributed by atoms with van der Waals surface area (Å²) in [7, 11) is 1.76. The summed E-state index contributed by atoms with van der Waals surface area (Å²) < 4.78 is 5.45. The summed E-state index contributed by atoms with van der Waals surface area (Å²) in [4.78, 5) is 17.7. The van der Waals surface area contributed by atoms with E-state index in [-0.39, 0.29) is 0 Å². The van der Waals surface area contributed by atoms with Crippen molar-refractivity contribution in [1.82, 2.24) is 19.9 Å². The first-order chi connectivity index (χ1) is 9.31. The molecule has 0 atom stereocenters. The summed E-state index contributed by atoms with van der Waals surface area (Å²) in [5.41, 5.74) is 0. The Morgan fingerprint density at radius 3 is 2.68 bits per heavy atom. The second-order valence-corrected chi connectivity index (χ2v) is 4.65. The van der Waals surface area contributed by atoms with Crippen molar-refractivity contribution in [3.8, 4) is 6.01 Å². The Balaban J connectivity index is 2.19. The van der Waals surface area contributed by atoms with Crippen molar-refractivity contribution >= 4 is 17.7 Å². The molecule has 19 heavy (non-hydrogen) atoms. The zero-order valence-electron chi connectivity index (χ0n) is 10.8. The Kier molecular flexibility index (Phi) is 4.91. The molecular formula is C12H15N5OS. The van der Waals surface area contributed by atoms with E-state index in [1.54, 1.807) is 19.4 Å². The SMILES string of the molecule is CCCOc1nc(NC)nc(Sc2ccncc2)n1. The second kappa shape index (κ2) is 6.89. The van der Waals surface area contributed by atoms with Gasteiger partial charge in [-0.1, -0.05) is 6.92 Å². The normalized spacial score (nSPS) is 10.2. The summed E-state index contributed by atoms with van der Waals surface area (Å²) >= 11 is 1.44. The molecule has 2 aromatic heterocycles. The molecule has 2 aromatic rings. The predicted octanol–water partition coefficient (Wildman–Crippen LogP) is 2.25. The monoisotopic (exact) mass is 277 g/mol. The third-order valence-electron chi connectivity index (χ3n) is 2.11. The lowest BCUT2D eigenvalue weighted by atomic mass is 10.5. The Labute approximate surface area is 116 Å². The van der Waals surface area contributed by atoms with E-state index in [1.807, 2.05) is 19.1 Å². The molecule has 0 aliphatic carbocycles. The molecule has 2 heterocycles. The van der Waals surface area contributed by atoms with Gasteiger partial charge < -0.3 is 10.1 Å². The van der Waals surface area contributed by atoms with Crippen molar-refractivity contribution in [3.05, 3.63) is 24.5 Å². The molecule has 2 rings (SSSR count). The highest BCUT2D eigenvalue weighted by molar-refractivity contribution is 7.99. The lowest BCUT2D eigenvalue weighted by Gasteiger charge is -2.06. The van der Waals surface area contributed by atoms with E-state index < -0.39 is 0 Å². The van der Waals surface area contributed by atoms with E-state index in [2.05, 4.69) is 25.3 Å². The van der Waals surface area contributed by atoms with Gasteiger partial charge in [0.15, 0.2) is 0 Å². The molecule has 7 heteroatoms. The lowest BCUT2D eigenvalue weighted by Crippen LogP contribution is -2.05. The van der Waals surface area contributed by atoms with E-state index in [0.717, 1.165) is 11.3 Å². The molecule has 1 N–H and O–H groups in total. The fraction of sp³-hybridized carbons (Fsp3) is 0.333. The Morgan fingerprint density at radius 2 is 2.00 bits per heavy atom. The van der Waals surface area contributed by atoms with Crippen LogP contribution in [0, 0.1) is 0 Å². The summed E-state index contributed by atoms with van der Waals surface area (Å²) in [6, 6.07) is 4.15. The molecule has 100 valence electrons. The van der Waals surface area contributed by atoms with Crippen molar-refractivity contribution in [2.24, 2.45) is 0 Å². The first-order valence-corrected chi connectivity index (χ1v) is 6.78. The van der Waals surface area contributed by atoms with Crippen LogP contribution in [0.5, 0.6) is 6.01 Å². The minimum atomic E-state index is 0.345. The summed E-state index contributed by atoms with van der Waals surface area (Å²) in [5.74, 6) is 0.498. The molecule has 0 saturated heterocycles. The third kappa shape index (κ3) is 4.06. The summed E-state index contributed by atoms with van der Waals surface area (Å²) in [6.45, 7) is 2.62. The fourth-order valence-electron chi connectivity index (χ4n) is 1.27. The van der Waals surface area contributed by atoms with E-state index in [9.17, 15) is 0 Å². The highest BCUT2D eigenvalue weighted by atomic mass is 32.2. The lowest BCUT2D eigenvalue weighted by molar-refractivity contribution is 0.288. The largest absolute Gasteiger partial charge is 0.463 e. The highest BCUT2D eigenvalue weighted by Gasteiger charge is 2.08. The molecule has 0 fully saturated rings. The van der Waals surface area contributed by atoms with E-state index in [0.29, 0.717) is 23.7 Å². The standard InChI is InChI=1S/C12H15N5OS/c1-3-8-18-11-15-10(13-2)16-12(17-11)19-9-4-6-14-7-5-9/h4-7H,3,8H2,1-2H3,(H,13,15,16,17). The Hall–Kier alpha value is -1.89. The van der Waals surface area contributed by atoms with Crippen molar-refractivity contribution in [3.63, 3.8) is 0 Å². The number of nitrogens with zero attached hydrogens (tertiary/aromatic N) is 4. The number of pyridine rings is 1. The average molecular weight is 277 g/mol. The number of rotatable bonds is 6. The molecule has 0 spiro atoms. The summed E-state index contributed by atoms with van der Waals surface area (Å²) in [6.07, 6.45) is 4.38. The van der Waals surface area contributed by atoms with Gasteiger partial charge in [0.1, 0.15) is 0 Å². The molecule has 0 aliphatic heterocycles. The molecule has 0 unspecified atom stereocenters. The zero-order valence-corrected chi connectivity index (χ0v) is 11.6. The molecule has 6 nitrogen and oxygen atoms in total. The van der Waals surface area contributed by atoms with Crippen LogP contribution in [-0.4, -0.2) is 33.6 Å². The Bertz CT molecular complexity index is 523. The molecule has 0 bridgehead atoms. The van der Waals surface area contributed by atoms with Crippen LogP contribution >= 0.6 is 11.8 Å². The third-order valence-corrected chi connectivity index (χ3v) is 2.99. The van der Waals surface area contributed by atoms with Crippen molar-refractivity contribution in [2.45, 2.75) is 23.4 Å². The molecule has 0 aliphatic rings. The van der Waals surface area contributed by atoms with Crippen molar-refractivity contribution in [1.29, 1.82) is 0 Å². The number of aromatic nitrogens is 4. The van der Waals surface area contributed by atoms with Gasteiger partial charge in [-0.25, -0.2) is 0 Å². The molecule has 0 amide bonds. The van der Waals surface area contributed by atoms with E-state index in [1.165, 1.54) is 11.8 Å². The maximum absolute atomic E-state index is 5.45. The maximum Gasteiger partial charge on any atom is 0.322 e. The zero-order chi connectivity index (χ0) is 13.5. The number of anilines is 1.